The van der Waals surface area contributed by atoms with Crippen LogP contribution in [0.5, 0.6) is 0 Å². The fourth-order valence-corrected chi connectivity index (χ4v) is 2.11. The molecule has 5 heteroatoms. The lowest BCUT2D eigenvalue weighted by Gasteiger charge is -2.22. The number of carbonyl (C=O) groups excluding carboxylic acids is 1. The largest absolute Gasteiger partial charge is 0.335 e. The highest BCUT2D eigenvalue weighted by Crippen LogP contribution is 2.17. The summed E-state index contributed by atoms with van der Waals surface area (Å²) in [5, 5.41) is 4.15. The van der Waals surface area contributed by atoms with Gasteiger partial charge in [-0.25, -0.2) is 4.39 Å². The second-order valence-corrected chi connectivity index (χ2v) is 4.19. The summed E-state index contributed by atoms with van der Waals surface area (Å²) in [6.45, 7) is 2.32. The molecular formula is C11H16FN3O. The smallest absolute Gasteiger partial charge is 0.244 e. The maximum absolute atomic E-state index is 12.6. The number of nitrogens with zero attached hydrogens (tertiary/aromatic N) is 3. The van der Waals surface area contributed by atoms with E-state index in [1.165, 1.54) is 0 Å². The van der Waals surface area contributed by atoms with Gasteiger partial charge in [0.05, 0.1) is 11.7 Å². The fourth-order valence-electron chi connectivity index (χ4n) is 2.11. The van der Waals surface area contributed by atoms with Gasteiger partial charge in [-0.2, -0.15) is 5.10 Å². The maximum Gasteiger partial charge on any atom is 0.244 e. The Hall–Kier alpha value is -1.39. The van der Waals surface area contributed by atoms with E-state index in [2.05, 4.69) is 5.10 Å². The summed E-state index contributed by atoms with van der Waals surface area (Å²) >= 11 is 0. The minimum absolute atomic E-state index is 0.0387. The van der Waals surface area contributed by atoms with Crippen LogP contribution < -0.4 is 0 Å². The van der Waals surface area contributed by atoms with E-state index < -0.39 is 6.67 Å². The van der Waals surface area contributed by atoms with E-state index in [9.17, 15) is 9.18 Å². The minimum atomic E-state index is -0.441. The van der Waals surface area contributed by atoms with Crippen molar-refractivity contribution >= 4 is 5.91 Å². The third-order valence-corrected chi connectivity index (χ3v) is 2.95. The van der Waals surface area contributed by atoms with Crippen molar-refractivity contribution in [2.45, 2.75) is 32.4 Å². The monoisotopic (exact) mass is 225 g/mol. The summed E-state index contributed by atoms with van der Waals surface area (Å²) < 4.78 is 14.2. The number of aromatic nitrogens is 2. The summed E-state index contributed by atoms with van der Waals surface area (Å²) in [5.74, 6) is -0.0387. The molecule has 1 aromatic heterocycles. The molecule has 4 nitrogen and oxygen atoms in total. The number of aryl methyl sites for hydroxylation is 1. The molecule has 16 heavy (non-hydrogen) atoms. The Morgan fingerprint density at radius 2 is 2.50 bits per heavy atom. The molecule has 0 bridgehead atoms. The van der Waals surface area contributed by atoms with Crippen molar-refractivity contribution in [1.82, 2.24) is 14.7 Å². The van der Waals surface area contributed by atoms with E-state index in [4.69, 9.17) is 0 Å². The van der Waals surface area contributed by atoms with Gasteiger partial charge in [-0.15, -0.1) is 0 Å². The molecule has 0 aromatic carbocycles. The fraction of sp³-hybridized carbons (Fsp3) is 0.636. The first-order valence-electron chi connectivity index (χ1n) is 5.56. The third-order valence-electron chi connectivity index (χ3n) is 2.95. The van der Waals surface area contributed by atoms with Gasteiger partial charge in [0, 0.05) is 12.7 Å². The zero-order chi connectivity index (χ0) is 11.5. The van der Waals surface area contributed by atoms with E-state index in [0.29, 0.717) is 6.54 Å². The van der Waals surface area contributed by atoms with Crippen LogP contribution in [0.3, 0.4) is 0 Å². The first-order valence-corrected chi connectivity index (χ1v) is 5.56. The van der Waals surface area contributed by atoms with E-state index >= 15 is 0 Å². The Labute approximate surface area is 94.0 Å². The molecule has 2 rings (SSSR count). The molecule has 0 saturated carbocycles. The van der Waals surface area contributed by atoms with Gasteiger partial charge in [-0.05, 0) is 25.8 Å². The highest BCUT2D eigenvalue weighted by atomic mass is 19.1. The Balaban J connectivity index is 1.97. The molecule has 0 spiro atoms. The van der Waals surface area contributed by atoms with Gasteiger partial charge in [0.2, 0.25) is 5.91 Å². The van der Waals surface area contributed by atoms with Crippen LogP contribution in [-0.2, 0) is 11.3 Å². The second kappa shape index (κ2) is 4.63. The minimum Gasteiger partial charge on any atom is -0.335 e. The number of halogens is 1. The SMILES string of the molecule is Cc1ccn(CC(=O)N2CCCC2CF)n1. The summed E-state index contributed by atoms with van der Waals surface area (Å²) in [4.78, 5) is 13.5. The van der Waals surface area contributed by atoms with Crippen molar-refractivity contribution in [1.29, 1.82) is 0 Å². The molecule has 1 aromatic rings. The van der Waals surface area contributed by atoms with E-state index in [0.717, 1.165) is 18.5 Å². The first kappa shape index (κ1) is 11.1. The van der Waals surface area contributed by atoms with Crippen molar-refractivity contribution in [3.63, 3.8) is 0 Å². The van der Waals surface area contributed by atoms with Crippen LogP contribution in [0, 0.1) is 6.92 Å². The van der Waals surface area contributed by atoms with Crippen LogP contribution in [-0.4, -0.2) is 39.8 Å². The van der Waals surface area contributed by atoms with Gasteiger partial charge in [0.25, 0.3) is 0 Å². The molecule has 0 radical (unpaired) electrons. The number of carbonyl (C=O) groups is 1. The van der Waals surface area contributed by atoms with Crippen molar-refractivity contribution in [3.05, 3.63) is 18.0 Å². The van der Waals surface area contributed by atoms with Crippen LogP contribution in [0.25, 0.3) is 0 Å². The Kier molecular flexibility index (Phi) is 3.22. The van der Waals surface area contributed by atoms with Crippen LogP contribution in [0.1, 0.15) is 18.5 Å². The van der Waals surface area contributed by atoms with Gasteiger partial charge in [-0.3, -0.25) is 9.48 Å². The average Bonchev–Trinajstić information content (AvgIpc) is 2.86. The van der Waals surface area contributed by atoms with E-state index in [1.807, 2.05) is 13.0 Å². The standard InChI is InChI=1S/C11H16FN3O/c1-9-4-6-14(13-9)8-11(16)15-5-2-3-10(15)7-12/h4,6,10H,2-3,5,7-8H2,1H3. The number of hydrogen-bond acceptors (Lipinski definition) is 2. The maximum atomic E-state index is 12.6. The number of amides is 1. The normalized spacial score (nSPS) is 20.4. The lowest BCUT2D eigenvalue weighted by molar-refractivity contribution is -0.133. The van der Waals surface area contributed by atoms with Gasteiger partial charge in [-0.1, -0.05) is 0 Å². The predicted molar refractivity (Wildman–Crippen MR) is 57.7 cm³/mol. The Morgan fingerprint density at radius 3 is 3.12 bits per heavy atom. The number of alkyl halides is 1. The van der Waals surface area contributed by atoms with Crippen molar-refractivity contribution in [2.24, 2.45) is 0 Å². The topological polar surface area (TPSA) is 38.1 Å². The van der Waals surface area contributed by atoms with Gasteiger partial charge >= 0.3 is 0 Å². The molecule has 1 aliphatic rings. The lowest BCUT2D eigenvalue weighted by Crippen LogP contribution is -2.38. The summed E-state index contributed by atoms with van der Waals surface area (Å²) in [6.07, 6.45) is 3.45. The number of rotatable bonds is 3. The molecule has 1 aliphatic heterocycles. The highest BCUT2D eigenvalue weighted by molar-refractivity contribution is 5.76. The van der Waals surface area contributed by atoms with Crippen LogP contribution >= 0.6 is 0 Å². The van der Waals surface area contributed by atoms with Gasteiger partial charge < -0.3 is 4.90 Å². The summed E-state index contributed by atoms with van der Waals surface area (Å²) in [6, 6.07) is 1.63. The summed E-state index contributed by atoms with van der Waals surface area (Å²) in [7, 11) is 0. The second-order valence-electron chi connectivity index (χ2n) is 4.19. The quantitative estimate of drug-likeness (QED) is 0.774. The Morgan fingerprint density at radius 1 is 1.69 bits per heavy atom. The molecule has 0 aliphatic carbocycles. The molecular weight excluding hydrogens is 209 g/mol. The third kappa shape index (κ3) is 2.23. The van der Waals surface area contributed by atoms with Crippen LogP contribution in [0.2, 0.25) is 0 Å². The highest BCUT2D eigenvalue weighted by Gasteiger charge is 2.28. The van der Waals surface area contributed by atoms with Crippen LogP contribution in [0.4, 0.5) is 4.39 Å². The predicted octanol–water partition coefficient (Wildman–Crippen LogP) is 1.15. The van der Waals surface area contributed by atoms with Crippen molar-refractivity contribution in [2.75, 3.05) is 13.2 Å². The molecule has 1 amide bonds. The molecule has 88 valence electrons. The van der Waals surface area contributed by atoms with E-state index in [-0.39, 0.29) is 18.5 Å². The Bertz CT molecular complexity index is 377. The molecule has 1 unspecified atom stereocenters. The average molecular weight is 225 g/mol. The lowest BCUT2D eigenvalue weighted by atomic mass is 10.2. The van der Waals surface area contributed by atoms with Crippen LogP contribution in [0.15, 0.2) is 12.3 Å². The zero-order valence-corrected chi connectivity index (χ0v) is 9.40. The van der Waals surface area contributed by atoms with Gasteiger partial charge in [0.15, 0.2) is 0 Å². The molecule has 0 N–H and O–H groups in total. The molecule has 1 fully saturated rings. The molecule has 2 heterocycles. The molecule has 1 saturated heterocycles. The zero-order valence-electron chi connectivity index (χ0n) is 9.40. The number of hydrogen-bond donors (Lipinski definition) is 0. The summed E-state index contributed by atoms with van der Waals surface area (Å²) in [5.41, 5.74) is 0.885. The molecule has 1 atom stereocenters. The van der Waals surface area contributed by atoms with Crippen molar-refractivity contribution < 1.29 is 9.18 Å². The first-order chi connectivity index (χ1) is 7.70. The van der Waals surface area contributed by atoms with Gasteiger partial charge in [0.1, 0.15) is 13.2 Å². The number of likely N-dealkylation sites (tertiary alicyclic amines) is 1. The van der Waals surface area contributed by atoms with E-state index in [1.54, 1.807) is 15.8 Å². The van der Waals surface area contributed by atoms with Crippen molar-refractivity contribution in [3.8, 4) is 0 Å².